The molecule has 0 saturated heterocycles. The van der Waals surface area contributed by atoms with E-state index >= 15 is 0 Å². The van der Waals surface area contributed by atoms with Gasteiger partial charge in [-0.15, -0.1) is 0 Å². The van der Waals surface area contributed by atoms with Crippen molar-refractivity contribution in [3.8, 4) is 6.07 Å². The fraction of sp³-hybridized carbons (Fsp3) is 0.308. The van der Waals surface area contributed by atoms with Crippen molar-refractivity contribution in [3.63, 3.8) is 0 Å². The Morgan fingerprint density at radius 1 is 1.36 bits per heavy atom. The first kappa shape index (κ1) is 7.82. The zero-order chi connectivity index (χ0) is 9.71. The Bertz CT molecular complexity index is 476. The molecule has 1 nitrogen and oxygen atoms in total. The van der Waals surface area contributed by atoms with Crippen LogP contribution in [0.15, 0.2) is 29.8 Å². The first-order chi connectivity index (χ1) is 6.79. The van der Waals surface area contributed by atoms with Crippen LogP contribution in [-0.4, -0.2) is 0 Å². The van der Waals surface area contributed by atoms with E-state index in [2.05, 4.69) is 31.2 Å². The summed E-state index contributed by atoms with van der Waals surface area (Å²) in [7, 11) is 0. The molecule has 0 aliphatic heterocycles. The number of benzene rings is 1. The van der Waals surface area contributed by atoms with Gasteiger partial charge in [-0.05, 0) is 36.6 Å². The van der Waals surface area contributed by atoms with E-state index in [1.54, 1.807) is 0 Å². The number of nitrogens with zero attached hydrogens (tertiary/aromatic N) is 1. The van der Waals surface area contributed by atoms with Crippen molar-refractivity contribution < 1.29 is 0 Å². The Morgan fingerprint density at radius 2 is 2.21 bits per heavy atom. The summed E-state index contributed by atoms with van der Waals surface area (Å²) < 4.78 is 0. The molecule has 1 aromatic carbocycles. The van der Waals surface area contributed by atoms with Gasteiger partial charge in [0.1, 0.15) is 0 Å². The van der Waals surface area contributed by atoms with E-state index in [0.29, 0.717) is 11.8 Å². The molecule has 0 spiro atoms. The van der Waals surface area contributed by atoms with Crippen molar-refractivity contribution in [2.24, 2.45) is 0 Å². The topological polar surface area (TPSA) is 23.8 Å². The monoisotopic (exact) mass is 181 g/mol. The van der Waals surface area contributed by atoms with Crippen LogP contribution in [0.25, 0.3) is 0 Å². The Balaban J connectivity index is 2.18. The van der Waals surface area contributed by atoms with E-state index in [0.717, 1.165) is 5.56 Å². The zero-order valence-corrected chi connectivity index (χ0v) is 8.12. The molecule has 2 unspecified atom stereocenters. The SMILES string of the molecule is CC1=CC2CC1c1ccc(C#N)cc12. The quantitative estimate of drug-likeness (QED) is 0.564. The zero-order valence-electron chi connectivity index (χ0n) is 8.12. The number of hydrogen-bond acceptors (Lipinski definition) is 1. The molecule has 0 radical (unpaired) electrons. The third-order valence-corrected chi connectivity index (χ3v) is 3.49. The summed E-state index contributed by atoms with van der Waals surface area (Å²) in [6, 6.07) is 8.34. The predicted octanol–water partition coefficient (Wildman–Crippen LogP) is 3.09. The molecule has 14 heavy (non-hydrogen) atoms. The molecule has 0 N–H and O–H groups in total. The van der Waals surface area contributed by atoms with E-state index in [1.807, 2.05) is 6.07 Å². The van der Waals surface area contributed by atoms with Gasteiger partial charge in [0.05, 0.1) is 11.6 Å². The molecule has 68 valence electrons. The molecule has 0 saturated carbocycles. The second-order valence-electron chi connectivity index (χ2n) is 4.26. The third kappa shape index (κ3) is 0.834. The summed E-state index contributed by atoms with van der Waals surface area (Å²) in [6.45, 7) is 2.21. The number of rotatable bonds is 0. The van der Waals surface area contributed by atoms with Gasteiger partial charge in [0.15, 0.2) is 0 Å². The lowest BCUT2D eigenvalue weighted by Crippen LogP contribution is -1.97. The standard InChI is InChI=1S/C13H11N/c1-8-4-10-6-12(8)11-3-2-9(7-14)5-13(10)11/h2-5,10,12H,6H2,1H3. The van der Waals surface area contributed by atoms with E-state index in [-0.39, 0.29) is 0 Å². The largest absolute Gasteiger partial charge is 0.192 e. The minimum atomic E-state index is 0.586. The molecule has 0 heterocycles. The summed E-state index contributed by atoms with van der Waals surface area (Å²) in [4.78, 5) is 0. The average molecular weight is 181 g/mol. The highest BCUT2D eigenvalue weighted by Crippen LogP contribution is 2.52. The normalized spacial score (nSPS) is 27.0. The summed E-state index contributed by atoms with van der Waals surface area (Å²) in [5.74, 6) is 1.23. The van der Waals surface area contributed by atoms with Gasteiger partial charge in [-0.25, -0.2) is 0 Å². The second-order valence-corrected chi connectivity index (χ2v) is 4.26. The van der Waals surface area contributed by atoms with Crippen LogP contribution in [0.5, 0.6) is 0 Å². The number of allylic oxidation sites excluding steroid dienone is 2. The molecule has 2 aliphatic carbocycles. The molecule has 0 amide bonds. The highest BCUT2D eigenvalue weighted by atomic mass is 14.4. The van der Waals surface area contributed by atoms with Crippen LogP contribution in [0.2, 0.25) is 0 Å². The molecular formula is C13H11N. The minimum absolute atomic E-state index is 0.586. The number of hydrogen-bond donors (Lipinski definition) is 0. The van der Waals surface area contributed by atoms with Gasteiger partial charge in [-0.3, -0.25) is 0 Å². The number of fused-ring (bicyclic) bond motifs is 5. The van der Waals surface area contributed by atoms with Gasteiger partial charge >= 0.3 is 0 Å². The Labute approximate surface area is 83.7 Å². The van der Waals surface area contributed by atoms with Gasteiger partial charge in [0, 0.05) is 11.8 Å². The second kappa shape index (κ2) is 2.48. The highest BCUT2D eigenvalue weighted by Gasteiger charge is 2.35. The molecule has 0 aromatic heterocycles. The first-order valence-corrected chi connectivity index (χ1v) is 5.02. The van der Waals surface area contributed by atoms with Crippen molar-refractivity contribution in [1.29, 1.82) is 5.26 Å². The van der Waals surface area contributed by atoms with Gasteiger partial charge in [0.2, 0.25) is 0 Å². The predicted molar refractivity (Wildman–Crippen MR) is 55.0 cm³/mol. The Morgan fingerprint density at radius 3 is 3.00 bits per heavy atom. The summed E-state index contributed by atoms with van der Waals surface area (Å²) >= 11 is 0. The van der Waals surface area contributed by atoms with Crippen LogP contribution in [0, 0.1) is 11.3 Å². The van der Waals surface area contributed by atoms with E-state index in [9.17, 15) is 0 Å². The van der Waals surface area contributed by atoms with Crippen molar-refractivity contribution >= 4 is 0 Å². The molecule has 2 atom stereocenters. The van der Waals surface area contributed by atoms with Crippen LogP contribution in [0.3, 0.4) is 0 Å². The Hall–Kier alpha value is -1.55. The van der Waals surface area contributed by atoms with Crippen LogP contribution >= 0.6 is 0 Å². The van der Waals surface area contributed by atoms with Crippen LogP contribution in [0.4, 0.5) is 0 Å². The van der Waals surface area contributed by atoms with E-state index in [4.69, 9.17) is 5.26 Å². The maximum Gasteiger partial charge on any atom is 0.0991 e. The first-order valence-electron chi connectivity index (χ1n) is 5.02. The highest BCUT2D eigenvalue weighted by molar-refractivity contribution is 5.53. The van der Waals surface area contributed by atoms with Gasteiger partial charge in [0.25, 0.3) is 0 Å². The smallest absolute Gasteiger partial charge is 0.0991 e. The lowest BCUT2D eigenvalue weighted by atomic mass is 9.91. The van der Waals surface area contributed by atoms with Crippen molar-refractivity contribution in [2.45, 2.75) is 25.2 Å². The Kier molecular flexibility index (Phi) is 1.39. The summed E-state index contributed by atoms with van der Waals surface area (Å²) in [6.07, 6.45) is 3.59. The molecule has 1 aromatic rings. The maximum atomic E-state index is 8.83. The van der Waals surface area contributed by atoms with E-state index in [1.165, 1.54) is 23.1 Å². The summed E-state index contributed by atoms with van der Waals surface area (Å²) in [5.41, 5.74) is 5.14. The van der Waals surface area contributed by atoms with Crippen molar-refractivity contribution in [1.82, 2.24) is 0 Å². The third-order valence-electron chi connectivity index (χ3n) is 3.49. The van der Waals surface area contributed by atoms with Crippen LogP contribution in [0.1, 0.15) is 41.9 Å². The van der Waals surface area contributed by atoms with Crippen LogP contribution in [-0.2, 0) is 0 Å². The average Bonchev–Trinajstić information content (AvgIpc) is 2.74. The number of nitriles is 1. The maximum absolute atomic E-state index is 8.83. The van der Waals surface area contributed by atoms with Gasteiger partial charge in [-0.2, -0.15) is 5.26 Å². The molecule has 2 aliphatic rings. The minimum Gasteiger partial charge on any atom is -0.192 e. The van der Waals surface area contributed by atoms with Gasteiger partial charge in [-0.1, -0.05) is 17.7 Å². The fourth-order valence-electron chi connectivity index (χ4n) is 2.81. The molecule has 0 fully saturated rings. The van der Waals surface area contributed by atoms with Crippen molar-refractivity contribution in [2.75, 3.05) is 0 Å². The summed E-state index contributed by atoms with van der Waals surface area (Å²) in [5, 5.41) is 8.83. The molecule has 2 bridgehead atoms. The fourth-order valence-corrected chi connectivity index (χ4v) is 2.81. The molecular weight excluding hydrogens is 170 g/mol. The van der Waals surface area contributed by atoms with Crippen LogP contribution < -0.4 is 0 Å². The van der Waals surface area contributed by atoms with E-state index < -0.39 is 0 Å². The van der Waals surface area contributed by atoms with Crippen molar-refractivity contribution in [3.05, 3.63) is 46.5 Å². The lowest BCUT2D eigenvalue weighted by Gasteiger charge is -2.13. The van der Waals surface area contributed by atoms with Gasteiger partial charge < -0.3 is 0 Å². The lowest BCUT2D eigenvalue weighted by molar-refractivity contribution is 0.785. The molecule has 1 heteroatoms. The molecule has 3 rings (SSSR count).